The number of esters is 1. The molecule has 7 heteroatoms. The van der Waals surface area contributed by atoms with E-state index in [0.29, 0.717) is 0 Å². The SMILES string of the molecule is CCCCCCCCCCCC(=O)Nc1c(C(=O)OC)cccc1[N+](=O)[O-]. The standard InChI is InChI=1S/C20H30N2O5/c1-3-4-5-6-7-8-9-10-11-15-18(23)21-19-16(20(24)27-2)13-12-14-17(19)22(25)26/h12-14H,3-11,15H2,1-2H3,(H,21,23). The first-order chi connectivity index (χ1) is 13.0. The fraction of sp³-hybridized carbons (Fsp3) is 0.600. The molecule has 0 fully saturated rings. The van der Waals surface area contributed by atoms with E-state index in [-0.39, 0.29) is 29.3 Å². The molecule has 0 saturated carbocycles. The van der Waals surface area contributed by atoms with Crippen LogP contribution in [0.25, 0.3) is 0 Å². The van der Waals surface area contributed by atoms with Gasteiger partial charge in [-0.15, -0.1) is 0 Å². The van der Waals surface area contributed by atoms with Gasteiger partial charge in [-0.3, -0.25) is 14.9 Å². The monoisotopic (exact) mass is 378 g/mol. The lowest BCUT2D eigenvalue weighted by atomic mass is 10.1. The van der Waals surface area contributed by atoms with Crippen LogP contribution in [0.3, 0.4) is 0 Å². The molecular formula is C20H30N2O5. The Bertz CT molecular complexity index is 631. The maximum absolute atomic E-state index is 12.2. The van der Waals surface area contributed by atoms with Crippen molar-refractivity contribution in [3.8, 4) is 0 Å². The van der Waals surface area contributed by atoms with E-state index in [0.717, 1.165) is 19.3 Å². The number of hydrogen-bond acceptors (Lipinski definition) is 5. The number of anilines is 1. The highest BCUT2D eigenvalue weighted by atomic mass is 16.6. The molecule has 0 saturated heterocycles. The van der Waals surface area contributed by atoms with Gasteiger partial charge in [0.05, 0.1) is 17.6 Å². The first-order valence-corrected chi connectivity index (χ1v) is 9.66. The Labute approximate surface area is 160 Å². The van der Waals surface area contributed by atoms with Crippen molar-refractivity contribution in [2.24, 2.45) is 0 Å². The number of benzene rings is 1. The van der Waals surface area contributed by atoms with Gasteiger partial charge in [0.1, 0.15) is 5.69 Å². The summed E-state index contributed by atoms with van der Waals surface area (Å²) in [7, 11) is 1.19. The third kappa shape index (κ3) is 8.19. The average molecular weight is 378 g/mol. The average Bonchev–Trinajstić information content (AvgIpc) is 2.66. The maximum atomic E-state index is 12.2. The molecule has 150 valence electrons. The molecular weight excluding hydrogens is 348 g/mol. The minimum absolute atomic E-state index is 0.0212. The molecule has 0 atom stereocenters. The number of nitro benzene ring substituents is 1. The van der Waals surface area contributed by atoms with Crippen LogP contribution in [-0.4, -0.2) is 23.9 Å². The Balaban J connectivity index is 2.48. The number of nitrogens with one attached hydrogen (secondary N) is 1. The molecule has 1 amide bonds. The van der Waals surface area contributed by atoms with Crippen LogP contribution in [0, 0.1) is 10.1 Å². The van der Waals surface area contributed by atoms with Crippen molar-refractivity contribution in [2.45, 2.75) is 71.1 Å². The highest BCUT2D eigenvalue weighted by molar-refractivity contribution is 6.03. The van der Waals surface area contributed by atoms with Crippen molar-refractivity contribution >= 4 is 23.3 Å². The first kappa shape index (κ1) is 22.6. The van der Waals surface area contributed by atoms with E-state index in [4.69, 9.17) is 0 Å². The zero-order valence-corrected chi connectivity index (χ0v) is 16.3. The van der Waals surface area contributed by atoms with E-state index in [1.54, 1.807) is 0 Å². The van der Waals surface area contributed by atoms with E-state index in [2.05, 4.69) is 17.0 Å². The van der Waals surface area contributed by atoms with E-state index in [9.17, 15) is 19.7 Å². The highest BCUT2D eigenvalue weighted by Gasteiger charge is 2.23. The fourth-order valence-corrected chi connectivity index (χ4v) is 2.90. The van der Waals surface area contributed by atoms with Crippen LogP contribution in [0.15, 0.2) is 18.2 Å². The summed E-state index contributed by atoms with van der Waals surface area (Å²) in [4.78, 5) is 34.6. The molecule has 27 heavy (non-hydrogen) atoms. The number of unbranched alkanes of at least 4 members (excludes halogenated alkanes) is 8. The third-order valence-electron chi connectivity index (χ3n) is 4.42. The highest BCUT2D eigenvalue weighted by Crippen LogP contribution is 2.29. The van der Waals surface area contributed by atoms with Crippen molar-refractivity contribution in [1.82, 2.24) is 0 Å². The van der Waals surface area contributed by atoms with E-state index < -0.39 is 10.9 Å². The van der Waals surface area contributed by atoms with Gasteiger partial charge in [0.25, 0.3) is 5.69 Å². The molecule has 0 aliphatic rings. The quantitative estimate of drug-likeness (QED) is 0.219. The summed E-state index contributed by atoms with van der Waals surface area (Å²) in [5.74, 6) is -1.06. The van der Waals surface area contributed by atoms with Crippen LogP contribution in [0.4, 0.5) is 11.4 Å². The number of carbonyl (C=O) groups excluding carboxylic acids is 2. The van der Waals surface area contributed by atoms with E-state index in [1.165, 1.54) is 63.8 Å². The lowest BCUT2D eigenvalue weighted by Gasteiger charge is -2.10. The number of nitrogens with zero attached hydrogens (tertiary/aromatic N) is 1. The van der Waals surface area contributed by atoms with Crippen LogP contribution in [0.2, 0.25) is 0 Å². The number of hydrogen-bond donors (Lipinski definition) is 1. The summed E-state index contributed by atoms with van der Waals surface area (Å²) in [5, 5.41) is 13.7. The van der Waals surface area contributed by atoms with Crippen molar-refractivity contribution in [3.63, 3.8) is 0 Å². The van der Waals surface area contributed by atoms with Crippen LogP contribution < -0.4 is 5.32 Å². The zero-order chi connectivity index (χ0) is 20.1. The van der Waals surface area contributed by atoms with Gasteiger partial charge < -0.3 is 10.1 Å². The molecule has 1 aromatic carbocycles. The minimum Gasteiger partial charge on any atom is -0.465 e. The van der Waals surface area contributed by atoms with Gasteiger partial charge in [0, 0.05) is 12.5 Å². The zero-order valence-electron chi connectivity index (χ0n) is 16.3. The van der Waals surface area contributed by atoms with Crippen LogP contribution in [0.5, 0.6) is 0 Å². The second-order valence-corrected chi connectivity index (χ2v) is 6.57. The molecule has 1 rings (SSSR count). The normalized spacial score (nSPS) is 10.4. The van der Waals surface area contributed by atoms with E-state index >= 15 is 0 Å². The molecule has 0 aliphatic carbocycles. The molecule has 0 aliphatic heterocycles. The number of carbonyl (C=O) groups is 2. The summed E-state index contributed by atoms with van der Waals surface area (Å²) >= 11 is 0. The van der Waals surface area contributed by atoms with Crippen LogP contribution >= 0.6 is 0 Å². The molecule has 0 aromatic heterocycles. The van der Waals surface area contributed by atoms with Gasteiger partial charge in [0.15, 0.2) is 0 Å². The second kappa shape index (κ2) is 12.8. The molecule has 1 N–H and O–H groups in total. The van der Waals surface area contributed by atoms with E-state index in [1.807, 2.05) is 0 Å². The number of ether oxygens (including phenoxy) is 1. The lowest BCUT2D eigenvalue weighted by molar-refractivity contribution is -0.384. The molecule has 0 spiro atoms. The number of rotatable bonds is 13. The van der Waals surface area contributed by atoms with Crippen LogP contribution in [-0.2, 0) is 9.53 Å². The summed E-state index contributed by atoms with van der Waals surface area (Å²) in [6, 6.07) is 4.04. The second-order valence-electron chi connectivity index (χ2n) is 6.57. The Kier molecular flexibility index (Phi) is 10.7. The Morgan fingerprint density at radius 1 is 1.04 bits per heavy atom. The largest absolute Gasteiger partial charge is 0.465 e. The van der Waals surface area contributed by atoms with Crippen molar-refractivity contribution in [3.05, 3.63) is 33.9 Å². The third-order valence-corrected chi connectivity index (χ3v) is 4.42. The molecule has 0 radical (unpaired) electrons. The molecule has 0 unspecified atom stereocenters. The summed E-state index contributed by atoms with van der Waals surface area (Å²) in [6.45, 7) is 2.20. The van der Waals surface area contributed by atoms with Crippen molar-refractivity contribution in [1.29, 1.82) is 0 Å². The predicted molar refractivity (Wildman–Crippen MR) is 105 cm³/mol. The van der Waals surface area contributed by atoms with Gasteiger partial charge in [0.2, 0.25) is 5.91 Å². The Morgan fingerprint density at radius 2 is 1.63 bits per heavy atom. The van der Waals surface area contributed by atoms with Gasteiger partial charge in [-0.1, -0.05) is 64.4 Å². The van der Waals surface area contributed by atoms with Gasteiger partial charge in [-0.05, 0) is 12.5 Å². The Hall–Kier alpha value is -2.44. The van der Waals surface area contributed by atoms with Gasteiger partial charge in [-0.2, -0.15) is 0 Å². The topological polar surface area (TPSA) is 98.5 Å². The summed E-state index contributed by atoms with van der Waals surface area (Å²) in [5.41, 5.74) is -0.444. The molecule has 1 aromatic rings. The molecule has 0 bridgehead atoms. The molecule has 0 heterocycles. The summed E-state index contributed by atoms with van der Waals surface area (Å²) in [6.07, 6.45) is 10.5. The first-order valence-electron chi connectivity index (χ1n) is 9.66. The number of para-hydroxylation sites is 1. The smallest absolute Gasteiger partial charge is 0.340 e. The van der Waals surface area contributed by atoms with Crippen molar-refractivity contribution in [2.75, 3.05) is 12.4 Å². The minimum atomic E-state index is -0.725. The predicted octanol–water partition coefficient (Wildman–Crippen LogP) is 5.24. The number of methoxy groups -OCH3 is 1. The van der Waals surface area contributed by atoms with Crippen LogP contribution in [0.1, 0.15) is 81.5 Å². The fourth-order valence-electron chi connectivity index (χ4n) is 2.90. The lowest BCUT2D eigenvalue weighted by Crippen LogP contribution is -2.16. The Morgan fingerprint density at radius 3 is 2.19 bits per heavy atom. The maximum Gasteiger partial charge on any atom is 0.340 e. The summed E-state index contributed by atoms with van der Waals surface area (Å²) < 4.78 is 4.64. The number of amides is 1. The number of nitro groups is 1. The molecule has 7 nitrogen and oxygen atoms in total. The van der Waals surface area contributed by atoms with Gasteiger partial charge >= 0.3 is 5.97 Å². The van der Waals surface area contributed by atoms with Crippen molar-refractivity contribution < 1.29 is 19.2 Å². The van der Waals surface area contributed by atoms with Gasteiger partial charge in [-0.25, -0.2) is 4.79 Å².